The average molecular weight is 491 g/mol. The van der Waals surface area contributed by atoms with Crippen LogP contribution in [0.5, 0.6) is 0 Å². The number of nitrogens with one attached hydrogen (secondary N) is 2. The zero-order valence-corrected chi connectivity index (χ0v) is 19.4. The van der Waals surface area contributed by atoms with E-state index in [2.05, 4.69) is 10.6 Å². The van der Waals surface area contributed by atoms with Crippen LogP contribution in [0.25, 0.3) is 0 Å². The minimum absolute atomic E-state index is 0.0302. The number of nitro benzene ring substituents is 1. The molecule has 0 aliphatic carbocycles. The average Bonchev–Trinajstić information content (AvgIpc) is 3.22. The molecule has 0 aromatic heterocycles. The lowest BCUT2D eigenvalue weighted by Crippen LogP contribution is -2.44. The van der Waals surface area contributed by atoms with Gasteiger partial charge in [0, 0.05) is 36.0 Å². The predicted molar refractivity (Wildman–Crippen MR) is 129 cm³/mol. The number of hydrogen-bond donors (Lipinski definition) is 2. The first-order valence-electron chi connectivity index (χ1n) is 10.2. The Labute approximate surface area is 200 Å². The molecule has 1 heterocycles. The molecule has 0 bridgehead atoms. The van der Waals surface area contributed by atoms with Crippen LogP contribution in [0.1, 0.15) is 29.6 Å². The van der Waals surface area contributed by atoms with E-state index in [9.17, 15) is 24.5 Å². The number of carbonyl (C=O) groups excluding carboxylic acids is 3. The van der Waals surface area contributed by atoms with Crippen molar-refractivity contribution in [1.82, 2.24) is 5.32 Å². The van der Waals surface area contributed by atoms with Gasteiger partial charge in [-0.3, -0.25) is 24.5 Å². The molecule has 2 aromatic rings. The topological polar surface area (TPSA) is 122 Å². The normalized spacial score (nSPS) is 14.1. The number of thioether (sulfide) groups is 1. The van der Waals surface area contributed by atoms with E-state index in [1.165, 1.54) is 23.9 Å². The maximum Gasteiger partial charge on any atom is 0.288 e. The summed E-state index contributed by atoms with van der Waals surface area (Å²) in [6.07, 6.45) is 3.54. The SMILES string of the molecule is CSCCC(NC(=O)c1ccc(Cl)c([N+](=O)[O-])c1)C(=O)Nc1cccc(N2CCCC2=O)c1. The summed E-state index contributed by atoms with van der Waals surface area (Å²) < 4.78 is 0. The van der Waals surface area contributed by atoms with Crippen molar-refractivity contribution in [3.05, 3.63) is 63.2 Å². The van der Waals surface area contributed by atoms with Gasteiger partial charge in [-0.15, -0.1) is 0 Å². The predicted octanol–water partition coefficient (Wildman–Crippen LogP) is 3.87. The van der Waals surface area contributed by atoms with Gasteiger partial charge in [-0.1, -0.05) is 17.7 Å². The summed E-state index contributed by atoms with van der Waals surface area (Å²) in [4.78, 5) is 49.8. The van der Waals surface area contributed by atoms with E-state index in [-0.39, 0.29) is 22.2 Å². The molecular formula is C22H23ClN4O5S. The third-order valence-electron chi connectivity index (χ3n) is 5.14. The summed E-state index contributed by atoms with van der Waals surface area (Å²) in [6.45, 7) is 0.635. The molecule has 2 N–H and O–H groups in total. The van der Waals surface area contributed by atoms with Crippen molar-refractivity contribution in [1.29, 1.82) is 0 Å². The molecule has 1 aliphatic rings. The number of amides is 3. The molecule has 11 heteroatoms. The van der Waals surface area contributed by atoms with Gasteiger partial charge in [-0.2, -0.15) is 11.8 Å². The van der Waals surface area contributed by atoms with E-state index in [1.807, 2.05) is 6.26 Å². The van der Waals surface area contributed by atoms with Gasteiger partial charge in [0.1, 0.15) is 11.1 Å². The zero-order chi connectivity index (χ0) is 24.0. The van der Waals surface area contributed by atoms with Gasteiger partial charge < -0.3 is 15.5 Å². The lowest BCUT2D eigenvalue weighted by atomic mass is 10.1. The summed E-state index contributed by atoms with van der Waals surface area (Å²) in [6, 6.07) is 9.84. The maximum absolute atomic E-state index is 13.0. The van der Waals surface area contributed by atoms with E-state index in [1.54, 1.807) is 29.2 Å². The fourth-order valence-corrected chi connectivity index (χ4v) is 4.10. The largest absolute Gasteiger partial charge is 0.340 e. The zero-order valence-electron chi connectivity index (χ0n) is 17.9. The fraction of sp³-hybridized carbons (Fsp3) is 0.318. The summed E-state index contributed by atoms with van der Waals surface area (Å²) in [5.74, 6) is -0.389. The Bertz CT molecular complexity index is 1080. The van der Waals surface area contributed by atoms with Crippen LogP contribution in [0.2, 0.25) is 5.02 Å². The Hall–Kier alpha value is -3.11. The van der Waals surface area contributed by atoms with Crippen molar-refractivity contribution in [2.75, 3.05) is 28.8 Å². The highest BCUT2D eigenvalue weighted by molar-refractivity contribution is 7.98. The van der Waals surface area contributed by atoms with Crippen molar-refractivity contribution < 1.29 is 19.3 Å². The van der Waals surface area contributed by atoms with Gasteiger partial charge in [0.05, 0.1) is 4.92 Å². The molecule has 174 valence electrons. The number of nitro groups is 1. The standard InChI is InChI=1S/C22H23ClN4O5S/c1-33-11-9-18(25-21(29)14-7-8-17(23)19(12-14)27(31)32)22(30)24-15-4-2-5-16(13-15)26-10-3-6-20(26)28/h2,4-5,7-8,12-13,18H,3,6,9-11H2,1H3,(H,24,30)(H,25,29). The molecule has 1 unspecified atom stereocenters. The Morgan fingerprint density at radius 3 is 2.73 bits per heavy atom. The minimum atomic E-state index is -0.864. The van der Waals surface area contributed by atoms with Crippen LogP contribution in [0, 0.1) is 10.1 Å². The van der Waals surface area contributed by atoms with Gasteiger partial charge in [0.15, 0.2) is 0 Å². The summed E-state index contributed by atoms with van der Waals surface area (Å²) in [7, 11) is 0. The van der Waals surface area contributed by atoms with Crippen molar-refractivity contribution in [3.8, 4) is 0 Å². The van der Waals surface area contributed by atoms with Crippen LogP contribution in [0.15, 0.2) is 42.5 Å². The lowest BCUT2D eigenvalue weighted by molar-refractivity contribution is -0.384. The monoisotopic (exact) mass is 490 g/mol. The molecule has 3 amide bonds. The van der Waals surface area contributed by atoms with Crippen LogP contribution in [-0.4, -0.2) is 47.2 Å². The molecule has 0 saturated carbocycles. The first-order chi connectivity index (χ1) is 15.8. The highest BCUT2D eigenvalue weighted by Crippen LogP contribution is 2.26. The third kappa shape index (κ3) is 6.23. The van der Waals surface area contributed by atoms with Crippen molar-refractivity contribution in [2.24, 2.45) is 0 Å². The number of anilines is 2. The van der Waals surface area contributed by atoms with Crippen LogP contribution >= 0.6 is 23.4 Å². The van der Waals surface area contributed by atoms with Crippen molar-refractivity contribution in [2.45, 2.75) is 25.3 Å². The molecule has 0 spiro atoms. The maximum atomic E-state index is 13.0. The first kappa shape index (κ1) is 24.5. The molecule has 1 aliphatic heterocycles. The van der Waals surface area contributed by atoms with Gasteiger partial charge in [0.2, 0.25) is 11.8 Å². The number of nitrogens with zero attached hydrogens (tertiary/aromatic N) is 2. The molecule has 1 fully saturated rings. The number of carbonyl (C=O) groups is 3. The molecule has 3 rings (SSSR count). The van der Waals surface area contributed by atoms with Gasteiger partial charge >= 0.3 is 0 Å². The van der Waals surface area contributed by atoms with Crippen molar-refractivity contribution in [3.63, 3.8) is 0 Å². The quantitative estimate of drug-likeness (QED) is 0.406. The van der Waals surface area contributed by atoms with Gasteiger partial charge in [-0.25, -0.2) is 0 Å². The van der Waals surface area contributed by atoms with E-state index in [4.69, 9.17) is 11.6 Å². The summed E-state index contributed by atoms with van der Waals surface area (Å²) >= 11 is 7.34. The van der Waals surface area contributed by atoms with Crippen molar-refractivity contribution >= 4 is 58.1 Å². The third-order valence-corrected chi connectivity index (χ3v) is 6.10. The smallest absolute Gasteiger partial charge is 0.288 e. The summed E-state index contributed by atoms with van der Waals surface area (Å²) in [5.41, 5.74) is 0.849. The van der Waals surface area contributed by atoms with E-state index in [0.717, 1.165) is 12.5 Å². The summed E-state index contributed by atoms with van der Waals surface area (Å²) in [5, 5.41) is 16.5. The number of halogens is 1. The van der Waals surface area contributed by atoms with E-state index < -0.39 is 22.8 Å². The van der Waals surface area contributed by atoms with Crippen LogP contribution in [0.4, 0.5) is 17.1 Å². The molecule has 2 aromatic carbocycles. The van der Waals surface area contributed by atoms with Crippen LogP contribution in [-0.2, 0) is 9.59 Å². The van der Waals surface area contributed by atoms with Crippen LogP contribution in [0.3, 0.4) is 0 Å². The second-order valence-electron chi connectivity index (χ2n) is 7.42. The second kappa shape index (κ2) is 11.2. The van der Waals surface area contributed by atoms with E-state index in [0.29, 0.717) is 36.5 Å². The number of rotatable bonds is 9. The van der Waals surface area contributed by atoms with Gasteiger partial charge in [0.25, 0.3) is 11.6 Å². The number of hydrogen-bond acceptors (Lipinski definition) is 6. The molecule has 9 nitrogen and oxygen atoms in total. The Balaban J connectivity index is 1.74. The highest BCUT2D eigenvalue weighted by atomic mass is 35.5. The Morgan fingerprint density at radius 2 is 2.06 bits per heavy atom. The molecule has 1 atom stereocenters. The highest BCUT2D eigenvalue weighted by Gasteiger charge is 2.25. The second-order valence-corrected chi connectivity index (χ2v) is 8.81. The molecule has 1 saturated heterocycles. The first-order valence-corrected chi connectivity index (χ1v) is 12.0. The lowest BCUT2D eigenvalue weighted by Gasteiger charge is -2.20. The van der Waals surface area contributed by atoms with Crippen LogP contribution < -0.4 is 15.5 Å². The molecular weight excluding hydrogens is 468 g/mol. The van der Waals surface area contributed by atoms with E-state index >= 15 is 0 Å². The molecule has 0 radical (unpaired) electrons. The Morgan fingerprint density at radius 1 is 1.27 bits per heavy atom. The number of benzene rings is 2. The molecule has 33 heavy (non-hydrogen) atoms. The Kier molecular flexibility index (Phi) is 8.29. The fourth-order valence-electron chi connectivity index (χ4n) is 3.44. The van der Waals surface area contributed by atoms with Gasteiger partial charge in [-0.05, 0) is 55.2 Å². The minimum Gasteiger partial charge on any atom is -0.340 e.